The quantitative estimate of drug-likeness (QED) is 0.0498. The highest BCUT2D eigenvalue weighted by atomic mass is 32.2. The van der Waals surface area contributed by atoms with Gasteiger partial charge in [0, 0.05) is 76.4 Å². The number of rotatable bonds is 21. The Morgan fingerprint density at radius 1 is 0.876 bits per heavy atom. The van der Waals surface area contributed by atoms with Crippen LogP contribution >= 0.6 is 0 Å². The van der Waals surface area contributed by atoms with Crippen LogP contribution < -0.4 is 10.0 Å². The van der Waals surface area contributed by atoms with Gasteiger partial charge in [0.1, 0.15) is 43.7 Å². The highest BCUT2D eigenvalue weighted by Crippen LogP contribution is 2.41. The van der Waals surface area contributed by atoms with Crippen molar-refractivity contribution in [1.29, 1.82) is 0 Å². The number of carbonyl (C=O) groups is 4. The minimum Gasteiger partial charge on any atom is -0.461 e. The molecule has 28 heteroatoms. The van der Waals surface area contributed by atoms with Crippen LogP contribution in [0.5, 0.6) is 0 Å². The molecule has 0 spiro atoms. The lowest BCUT2D eigenvalue weighted by molar-refractivity contribution is -0.387. The highest BCUT2D eigenvalue weighted by molar-refractivity contribution is 7.89. The van der Waals surface area contributed by atoms with E-state index in [0.717, 1.165) is 12.1 Å². The van der Waals surface area contributed by atoms with Crippen LogP contribution in [0.1, 0.15) is 130 Å². The van der Waals surface area contributed by atoms with E-state index in [9.17, 15) is 38.3 Å². The summed E-state index contributed by atoms with van der Waals surface area (Å²) in [6.07, 6.45) is -15.4. The number of nitro benzene ring substituents is 1. The molecule has 0 bridgehead atoms. The number of hydrogen-bond acceptors (Lipinski definition) is 24. The average Bonchev–Trinajstić information content (AvgIpc) is 1.49. The molecule has 1 amide bonds. The number of carbonyl (C=O) groups excluding carboxylic acids is 4. The molecule has 4 saturated heterocycles. The van der Waals surface area contributed by atoms with Crippen molar-refractivity contribution in [2.45, 2.75) is 238 Å². The number of nitrogens with zero attached hydrogens (tertiary/aromatic N) is 3. The Hall–Kier alpha value is -4.56. The number of Topliss-reactive ketones (excluding diaryl/α,β-unsaturated/α-hetero) is 1. The lowest BCUT2D eigenvalue weighted by Gasteiger charge is -2.45. The van der Waals surface area contributed by atoms with Gasteiger partial charge in [0.2, 0.25) is 10.0 Å². The van der Waals surface area contributed by atoms with Gasteiger partial charge in [0.05, 0.1) is 65.1 Å². The molecule has 0 aliphatic carbocycles. The maximum Gasteiger partial charge on any atom is 0.408 e. The first-order valence-corrected chi connectivity index (χ1v) is 32.3. The largest absolute Gasteiger partial charge is 0.461 e. The molecule has 1 aromatic carbocycles. The normalized spacial score (nSPS) is 36.7. The van der Waals surface area contributed by atoms with Crippen LogP contribution in [0.3, 0.4) is 0 Å². The molecule has 4 N–H and O–H groups in total. The number of methoxy groups -OCH3 is 2. The summed E-state index contributed by atoms with van der Waals surface area (Å²) in [4.78, 5) is 78.1. The van der Waals surface area contributed by atoms with Crippen LogP contribution in [-0.4, -0.2) is 209 Å². The number of sulfonamides is 1. The first-order valence-electron chi connectivity index (χ1n) is 30.8. The fraction of sp³-hybridized carbons (Fsp3) is 0.820. The lowest BCUT2D eigenvalue weighted by atomic mass is 9.74. The third kappa shape index (κ3) is 19.5. The predicted octanol–water partition coefficient (Wildman–Crippen LogP) is 5.67. The second kappa shape index (κ2) is 32.3. The fourth-order valence-corrected chi connectivity index (χ4v) is 13.9. The van der Waals surface area contributed by atoms with E-state index in [1.54, 1.807) is 48.5 Å². The van der Waals surface area contributed by atoms with E-state index in [-0.39, 0.29) is 49.6 Å². The van der Waals surface area contributed by atoms with Crippen LogP contribution in [0.25, 0.3) is 0 Å². The number of benzene rings is 1. The Balaban J connectivity index is 1.71. The number of ether oxygens (including phenoxy) is 11. The summed E-state index contributed by atoms with van der Waals surface area (Å²) in [5.41, 5.74) is -4.16. The average molecular weight is 1290 g/mol. The Kier molecular flexibility index (Phi) is 27.3. The number of para-hydroxylation sites is 1. The molecule has 4 aliphatic heterocycles. The van der Waals surface area contributed by atoms with Crippen molar-refractivity contribution < 1.29 is 99.7 Å². The fourth-order valence-electron chi connectivity index (χ4n) is 12.5. The zero-order valence-corrected chi connectivity index (χ0v) is 56.1. The van der Waals surface area contributed by atoms with E-state index in [4.69, 9.17) is 56.9 Å². The molecule has 89 heavy (non-hydrogen) atoms. The molecule has 508 valence electrons. The van der Waals surface area contributed by atoms with Crippen LogP contribution in [0.15, 0.2) is 34.3 Å². The first kappa shape index (κ1) is 75.2. The maximum absolute atomic E-state index is 16.1. The number of oxime groups is 1. The molecule has 22 atom stereocenters. The van der Waals surface area contributed by atoms with Crippen molar-refractivity contribution in [2.75, 3.05) is 48.1 Å². The third-order valence-corrected chi connectivity index (χ3v) is 18.9. The van der Waals surface area contributed by atoms with Crippen molar-refractivity contribution in [3.8, 4) is 0 Å². The van der Waals surface area contributed by atoms with Gasteiger partial charge < -0.3 is 77.4 Å². The standard InChI is InChI=1S/C61H101N5O22S/c1-31(2)24-45(67)84-51-38(9)50(33(4)29-80-58-54(78-18)53(77-17)47(68)41(12)83-58)86-56(71)40(11)52(85-46-25-34(5)65(16)28-36(7)81-46)37(8)49(87-57-48(69)42(64-79-19)26-35(6)82-57)32(3)27-61(15,55(70)39(51)10)88-59(72)63-60(13,14)30-62-89(75,76)44-23-21-20-22-43(44)66(73)74/h20-23,31-41,46-54,57-58,62,68-69H,24-30H2,1-19H3,(H,63,72)/b64-42+/t32-,33?,34+,35+,36-,37+,38-,39+,40+,41+,46-,47+,48+,49-,50+,51+,52-,53+,54+,57-,58+,61-/m0/s1. The Morgan fingerprint density at radius 3 is 2.15 bits per heavy atom. The smallest absolute Gasteiger partial charge is 0.408 e. The molecule has 5 rings (SSSR count). The minimum absolute atomic E-state index is 0.0529. The van der Waals surface area contributed by atoms with Crippen LogP contribution in [0.4, 0.5) is 10.5 Å². The summed E-state index contributed by atoms with van der Waals surface area (Å²) in [6.45, 7) is 25.3. The van der Waals surface area contributed by atoms with E-state index >= 15 is 9.59 Å². The summed E-state index contributed by atoms with van der Waals surface area (Å²) in [5.74, 6) is -8.53. The van der Waals surface area contributed by atoms with Crippen molar-refractivity contribution in [3.05, 3.63) is 34.4 Å². The number of nitro groups is 1. The Bertz CT molecular complexity index is 2670. The molecule has 4 fully saturated rings. The topological polar surface area (TPSA) is 336 Å². The number of likely N-dealkylation sites (N-methyl/N-ethyl adjacent to an activating group) is 1. The van der Waals surface area contributed by atoms with Gasteiger partial charge in [0.15, 0.2) is 35.1 Å². The lowest BCUT2D eigenvalue weighted by Crippen LogP contribution is -2.59. The summed E-state index contributed by atoms with van der Waals surface area (Å²) in [7, 11) is 1.61. The van der Waals surface area contributed by atoms with E-state index in [2.05, 4.69) is 20.1 Å². The number of aliphatic hydroxyl groups is 2. The van der Waals surface area contributed by atoms with E-state index < -0.39 is 182 Å². The molecular formula is C61H101N5O22S. The van der Waals surface area contributed by atoms with Crippen LogP contribution in [0, 0.1) is 51.5 Å². The Labute approximate surface area is 524 Å². The number of cyclic esters (lactones) is 1. The molecule has 4 aliphatic rings. The van der Waals surface area contributed by atoms with Crippen molar-refractivity contribution in [2.24, 2.45) is 46.6 Å². The van der Waals surface area contributed by atoms with Gasteiger partial charge in [-0.15, -0.1) is 0 Å². The Morgan fingerprint density at radius 2 is 1.53 bits per heavy atom. The maximum atomic E-state index is 16.1. The summed E-state index contributed by atoms with van der Waals surface area (Å²) in [6, 6.07) is 4.72. The zero-order valence-electron chi connectivity index (χ0n) is 55.3. The SMILES string of the molecule is CO/N=C1\C[C@@H](C)O[C@@H](O[C@@H]2[C@@H](C)[C@H](O[C@H]3C[C@@H](C)N(C)C[C@H](C)O3)[C@@H](C)C(=O)O[C@H](C(C)CO[C@@H]3O[C@H](C)[C@@H](O)[C@@H](OC)[C@H]3OC)[C@H](C)[C@@H](OC(=O)CC(C)C)[C@@H](C)C(=O)[C@@](C)(OC(=O)NC(C)(C)CNS(=O)(=O)c3ccccc3[N+](=O)[O-])C[C@@H]2C)[C@@H]1O. The molecule has 0 aromatic heterocycles. The summed E-state index contributed by atoms with van der Waals surface area (Å²) in [5, 5.41) is 41.5. The minimum atomic E-state index is -4.55. The summed E-state index contributed by atoms with van der Waals surface area (Å²) < 4.78 is 99.9. The number of hydrogen-bond donors (Lipinski definition) is 4. The van der Waals surface area contributed by atoms with Crippen molar-refractivity contribution in [1.82, 2.24) is 14.9 Å². The number of alkyl carbamates (subject to hydrolysis) is 1. The highest BCUT2D eigenvalue weighted by Gasteiger charge is 2.53. The van der Waals surface area contributed by atoms with Crippen LogP contribution in [0.2, 0.25) is 0 Å². The van der Waals surface area contributed by atoms with Gasteiger partial charge in [-0.2, -0.15) is 0 Å². The second-order valence-electron chi connectivity index (χ2n) is 26.2. The van der Waals surface area contributed by atoms with Gasteiger partial charge >= 0.3 is 18.0 Å². The van der Waals surface area contributed by atoms with Gasteiger partial charge in [-0.25, -0.2) is 17.9 Å². The first-order chi connectivity index (χ1) is 41.5. The molecule has 1 unspecified atom stereocenters. The number of esters is 2. The number of amides is 1. The van der Waals surface area contributed by atoms with Gasteiger partial charge in [0.25, 0.3) is 5.69 Å². The van der Waals surface area contributed by atoms with Crippen molar-refractivity contribution in [3.63, 3.8) is 0 Å². The van der Waals surface area contributed by atoms with E-state index in [0.29, 0.717) is 13.0 Å². The number of aliphatic hydroxyl groups excluding tert-OH is 2. The van der Waals surface area contributed by atoms with E-state index in [1.807, 2.05) is 34.7 Å². The summed E-state index contributed by atoms with van der Waals surface area (Å²) >= 11 is 0. The molecule has 0 radical (unpaired) electrons. The van der Waals surface area contributed by atoms with Crippen molar-refractivity contribution >= 4 is 45.2 Å². The van der Waals surface area contributed by atoms with Gasteiger partial charge in [-0.3, -0.25) is 24.5 Å². The predicted molar refractivity (Wildman–Crippen MR) is 322 cm³/mol. The third-order valence-electron chi connectivity index (χ3n) is 17.4. The van der Waals surface area contributed by atoms with E-state index in [1.165, 1.54) is 61.2 Å². The molecule has 0 saturated carbocycles. The zero-order chi connectivity index (χ0) is 66.8. The molecule has 4 heterocycles. The van der Waals surface area contributed by atoms with Crippen LogP contribution in [-0.2, 0) is 81.3 Å². The molecule has 27 nitrogen and oxygen atoms in total. The number of nitrogens with one attached hydrogen (secondary N) is 2. The van der Waals surface area contributed by atoms with Gasteiger partial charge in [-0.05, 0) is 86.8 Å². The second-order valence-corrected chi connectivity index (χ2v) is 28.0. The number of ketones is 1. The monoisotopic (exact) mass is 1290 g/mol. The molecule has 1 aromatic rings. The molecular weight excluding hydrogens is 1190 g/mol. The van der Waals surface area contributed by atoms with Gasteiger partial charge in [-0.1, -0.05) is 65.8 Å².